The van der Waals surface area contributed by atoms with Gasteiger partial charge in [0.25, 0.3) is 0 Å². The van der Waals surface area contributed by atoms with Crippen LogP contribution in [0.3, 0.4) is 0 Å². The topological polar surface area (TPSA) is 17.8 Å². The van der Waals surface area contributed by atoms with Crippen LogP contribution in [0.5, 0.6) is 0 Å². The van der Waals surface area contributed by atoms with Gasteiger partial charge in [0.15, 0.2) is 5.82 Å². The molecule has 0 bridgehead atoms. The normalized spacial score (nSPS) is 22.8. The molecule has 2 unspecified atom stereocenters. The summed E-state index contributed by atoms with van der Waals surface area (Å²) in [7, 11) is 0. The van der Waals surface area contributed by atoms with Gasteiger partial charge in [0.05, 0.1) is 11.4 Å². The number of nitrogens with zero attached hydrogens (tertiary/aromatic N) is 2. The number of rotatable bonds is 3. The Morgan fingerprint density at radius 1 is 1.35 bits per heavy atom. The first-order valence-electron chi connectivity index (χ1n) is 7.00. The van der Waals surface area contributed by atoms with E-state index in [1.165, 1.54) is 18.9 Å². The quantitative estimate of drug-likeness (QED) is 0.763. The number of benzene rings is 1. The summed E-state index contributed by atoms with van der Waals surface area (Å²) in [5.74, 6) is 0.790. The molecule has 0 radical (unpaired) electrons. The number of alkyl halides is 1. The molecule has 0 aliphatic heterocycles. The highest BCUT2D eigenvalue weighted by molar-refractivity contribution is 6.16. The Balaban J connectivity index is 2.07. The van der Waals surface area contributed by atoms with Crippen LogP contribution in [0, 0.1) is 23.5 Å². The molecule has 2 aromatic rings. The van der Waals surface area contributed by atoms with E-state index in [-0.39, 0.29) is 11.4 Å². The molecule has 2 nitrogen and oxygen atoms in total. The van der Waals surface area contributed by atoms with Crippen molar-refractivity contribution in [1.29, 1.82) is 0 Å². The van der Waals surface area contributed by atoms with Crippen LogP contribution in [0.25, 0.3) is 11.0 Å². The minimum atomic E-state index is -0.621. The molecule has 5 heteroatoms. The number of aromatic nitrogens is 2. The predicted octanol–water partition coefficient (Wildman–Crippen LogP) is 4.49. The molecule has 3 rings (SSSR count). The summed E-state index contributed by atoms with van der Waals surface area (Å²) in [6, 6.07) is 2.22. The van der Waals surface area contributed by atoms with Crippen molar-refractivity contribution in [2.24, 2.45) is 11.8 Å². The highest BCUT2D eigenvalue weighted by Gasteiger charge is 2.25. The fourth-order valence-electron chi connectivity index (χ4n) is 3.23. The third-order valence-electron chi connectivity index (χ3n) is 4.43. The molecular formula is C15H17ClF2N2. The summed E-state index contributed by atoms with van der Waals surface area (Å²) < 4.78 is 29.2. The van der Waals surface area contributed by atoms with Crippen molar-refractivity contribution in [3.05, 3.63) is 29.6 Å². The predicted molar refractivity (Wildman–Crippen MR) is 75.7 cm³/mol. The van der Waals surface area contributed by atoms with Crippen LogP contribution in [-0.4, -0.2) is 9.55 Å². The van der Waals surface area contributed by atoms with Crippen LogP contribution < -0.4 is 0 Å². The summed E-state index contributed by atoms with van der Waals surface area (Å²) in [6.45, 7) is 2.97. The Kier molecular flexibility index (Phi) is 3.67. The second-order valence-corrected chi connectivity index (χ2v) is 5.96. The van der Waals surface area contributed by atoms with E-state index in [1.54, 1.807) is 0 Å². The van der Waals surface area contributed by atoms with E-state index in [0.717, 1.165) is 19.0 Å². The third-order valence-corrected chi connectivity index (χ3v) is 4.67. The number of halogens is 3. The lowest BCUT2D eigenvalue weighted by molar-refractivity contribution is 0.364. The molecule has 1 aromatic carbocycles. The fourth-order valence-corrected chi connectivity index (χ4v) is 3.44. The average molecular weight is 299 g/mol. The highest BCUT2D eigenvalue weighted by Crippen LogP contribution is 2.34. The number of imidazole rings is 1. The molecule has 20 heavy (non-hydrogen) atoms. The molecule has 1 aliphatic carbocycles. The number of hydrogen-bond donors (Lipinski definition) is 0. The zero-order valence-electron chi connectivity index (χ0n) is 11.4. The summed E-state index contributed by atoms with van der Waals surface area (Å²) in [5, 5.41) is 0. The van der Waals surface area contributed by atoms with Gasteiger partial charge < -0.3 is 4.57 Å². The number of fused-ring (bicyclic) bond motifs is 1. The van der Waals surface area contributed by atoms with E-state index in [4.69, 9.17) is 11.6 Å². The van der Waals surface area contributed by atoms with Gasteiger partial charge in [0, 0.05) is 12.6 Å². The van der Waals surface area contributed by atoms with E-state index in [1.807, 2.05) is 4.57 Å². The summed E-state index contributed by atoms with van der Waals surface area (Å²) in [6.07, 6.45) is 3.59. The Bertz CT molecular complexity index is 638. The van der Waals surface area contributed by atoms with E-state index in [9.17, 15) is 8.78 Å². The Labute approximate surface area is 121 Å². The Morgan fingerprint density at radius 3 is 2.80 bits per heavy atom. The van der Waals surface area contributed by atoms with Crippen LogP contribution in [0.2, 0.25) is 0 Å². The summed E-state index contributed by atoms with van der Waals surface area (Å²) in [5.41, 5.74) is 0.727. The Hall–Kier alpha value is -1.16. The fraction of sp³-hybridized carbons (Fsp3) is 0.533. The second-order valence-electron chi connectivity index (χ2n) is 5.70. The van der Waals surface area contributed by atoms with Crippen LogP contribution in [-0.2, 0) is 12.4 Å². The molecule has 1 aromatic heterocycles. The lowest BCUT2D eigenvalue weighted by atomic mass is 9.98. The van der Waals surface area contributed by atoms with E-state index in [0.29, 0.717) is 23.2 Å². The van der Waals surface area contributed by atoms with Crippen LogP contribution in [0.1, 0.15) is 32.0 Å². The van der Waals surface area contributed by atoms with Crippen LogP contribution >= 0.6 is 11.6 Å². The van der Waals surface area contributed by atoms with Crippen LogP contribution in [0.4, 0.5) is 8.78 Å². The second kappa shape index (κ2) is 5.32. The largest absolute Gasteiger partial charge is 0.327 e. The maximum Gasteiger partial charge on any atom is 0.153 e. The van der Waals surface area contributed by atoms with Gasteiger partial charge in [-0.1, -0.05) is 19.8 Å². The van der Waals surface area contributed by atoms with Gasteiger partial charge in [-0.2, -0.15) is 0 Å². The zero-order chi connectivity index (χ0) is 14.3. The van der Waals surface area contributed by atoms with Crippen molar-refractivity contribution in [3.8, 4) is 0 Å². The third kappa shape index (κ3) is 2.30. The van der Waals surface area contributed by atoms with Crippen molar-refractivity contribution in [3.63, 3.8) is 0 Å². The van der Waals surface area contributed by atoms with Gasteiger partial charge in [0.2, 0.25) is 0 Å². The molecule has 1 saturated carbocycles. The molecule has 0 N–H and O–H groups in total. The maximum atomic E-state index is 13.8. The van der Waals surface area contributed by atoms with E-state index < -0.39 is 11.6 Å². The summed E-state index contributed by atoms with van der Waals surface area (Å²) >= 11 is 5.92. The molecule has 1 heterocycles. The van der Waals surface area contributed by atoms with Gasteiger partial charge in [-0.15, -0.1) is 11.6 Å². The van der Waals surface area contributed by atoms with Gasteiger partial charge >= 0.3 is 0 Å². The van der Waals surface area contributed by atoms with E-state index >= 15 is 0 Å². The standard InChI is InChI=1S/C15H17ClF2N2/c1-9-3-2-4-10(9)8-20-13-6-11(17)5-12(18)15(13)19-14(20)7-16/h5-6,9-10H,2-4,7-8H2,1H3. The molecule has 0 saturated heterocycles. The van der Waals surface area contributed by atoms with Gasteiger partial charge in [-0.25, -0.2) is 13.8 Å². The van der Waals surface area contributed by atoms with Gasteiger partial charge in [0.1, 0.15) is 17.2 Å². The van der Waals surface area contributed by atoms with Gasteiger partial charge in [-0.3, -0.25) is 0 Å². The van der Waals surface area contributed by atoms with Crippen molar-refractivity contribution < 1.29 is 8.78 Å². The smallest absolute Gasteiger partial charge is 0.153 e. The van der Waals surface area contributed by atoms with Crippen molar-refractivity contribution >= 4 is 22.6 Å². The van der Waals surface area contributed by atoms with Crippen molar-refractivity contribution in [2.45, 2.75) is 38.6 Å². The summed E-state index contributed by atoms with van der Waals surface area (Å²) in [4.78, 5) is 4.23. The van der Waals surface area contributed by atoms with Crippen LogP contribution in [0.15, 0.2) is 12.1 Å². The first-order chi connectivity index (χ1) is 9.60. The first-order valence-corrected chi connectivity index (χ1v) is 7.53. The maximum absolute atomic E-state index is 13.8. The monoisotopic (exact) mass is 298 g/mol. The average Bonchev–Trinajstić information content (AvgIpc) is 2.95. The van der Waals surface area contributed by atoms with Crippen molar-refractivity contribution in [2.75, 3.05) is 0 Å². The zero-order valence-corrected chi connectivity index (χ0v) is 12.1. The van der Waals surface area contributed by atoms with E-state index in [2.05, 4.69) is 11.9 Å². The first kappa shape index (κ1) is 13.8. The lowest BCUT2D eigenvalue weighted by Gasteiger charge is -2.18. The molecule has 1 fully saturated rings. The lowest BCUT2D eigenvalue weighted by Crippen LogP contribution is -2.15. The minimum Gasteiger partial charge on any atom is -0.327 e. The number of hydrogen-bond acceptors (Lipinski definition) is 1. The molecule has 0 amide bonds. The SMILES string of the molecule is CC1CCCC1Cn1c(CCl)nc2c(F)cc(F)cc21. The highest BCUT2D eigenvalue weighted by atomic mass is 35.5. The van der Waals surface area contributed by atoms with Crippen molar-refractivity contribution in [1.82, 2.24) is 9.55 Å². The molecular weight excluding hydrogens is 282 g/mol. The molecule has 2 atom stereocenters. The molecule has 108 valence electrons. The van der Waals surface area contributed by atoms with Gasteiger partial charge in [-0.05, 0) is 24.3 Å². The Morgan fingerprint density at radius 2 is 2.15 bits per heavy atom. The molecule has 0 spiro atoms. The minimum absolute atomic E-state index is 0.205. The molecule has 1 aliphatic rings.